The van der Waals surface area contributed by atoms with Gasteiger partial charge < -0.3 is 9.47 Å². The van der Waals surface area contributed by atoms with Gasteiger partial charge in [-0.3, -0.25) is 0 Å². The van der Waals surface area contributed by atoms with Crippen LogP contribution in [0.2, 0.25) is 0 Å². The molecule has 1 saturated heterocycles. The molecular weight excluding hydrogens is 300 g/mol. The molecule has 0 aromatic carbocycles. The fourth-order valence-corrected chi connectivity index (χ4v) is 3.78. The molecule has 1 aromatic rings. The van der Waals surface area contributed by atoms with E-state index in [0.29, 0.717) is 12.5 Å². The predicted molar refractivity (Wildman–Crippen MR) is 87.0 cm³/mol. The lowest BCUT2D eigenvalue weighted by Gasteiger charge is -2.32. The number of nitrogens with zero attached hydrogens (tertiary/aromatic N) is 3. The number of rotatable bonds is 7. The molecule has 126 valence electrons. The van der Waals surface area contributed by atoms with E-state index in [-0.39, 0.29) is 5.03 Å². The minimum absolute atomic E-state index is 0.101. The van der Waals surface area contributed by atoms with Gasteiger partial charge in [0.1, 0.15) is 0 Å². The van der Waals surface area contributed by atoms with Gasteiger partial charge in [0, 0.05) is 19.8 Å². The highest BCUT2D eigenvalue weighted by atomic mass is 32.2. The highest BCUT2D eigenvalue weighted by Crippen LogP contribution is 2.18. The van der Waals surface area contributed by atoms with Gasteiger partial charge in [-0.05, 0) is 50.7 Å². The van der Waals surface area contributed by atoms with Crippen molar-refractivity contribution in [2.45, 2.75) is 38.1 Å². The first-order valence-corrected chi connectivity index (χ1v) is 9.55. The van der Waals surface area contributed by atoms with Crippen LogP contribution in [-0.4, -0.2) is 49.0 Å². The van der Waals surface area contributed by atoms with E-state index in [9.17, 15) is 8.42 Å². The van der Waals surface area contributed by atoms with Crippen LogP contribution in [0.3, 0.4) is 0 Å². The molecule has 0 atom stereocenters. The number of aromatic nitrogens is 2. The molecule has 6 nitrogen and oxygen atoms in total. The Balaban J connectivity index is 1.75. The molecule has 1 aliphatic heterocycles. The van der Waals surface area contributed by atoms with Crippen LogP contribution in [0.5, 0.6) is 0 Å². The van der Waals surface area contributed by atoms with Crippen molar-refractivity contribution >= 4 is 10.0 Å². The smallest absolute Gasteiger partial charge is 0.259 e. The average molecular weight is 328 g/mol. The Labute approximate surface area is 134 Å². The second kappa shape index (κ2) is 7.57. The largest absolute Gasteiger partial charge is 0.339 e. The molecule has 0 spiro atoms. The molecule has 22 heavy (non-hydrogen) atoms. The molecule has 1 N–H and O–H groups in total. The number of imidazole rings is 1. The Hall–Kier alpha value is -0.920. The van der Waals surface area contributed by atoms with E-state index >= 15 is 0 Å². The van der Waals surface area contributed by atoms with Crippen molar-refractivity contribution in [1.82, 2.24) is 19.2 Å². The fourth-order valence-electron chi connectivity index (χ4n) is 2.68. The zero-order valence-corrected chi connectivity index (χ0v) is 14.6. The first kappa shape index (κ1) is 17.4. The topological polar surface area (TPSA) is 67.2 Å². The Morgan fingerprint density at radius 1 is 1.36 bits per heavy atom. The monoisotopic (exact) mass is 328 g/mol. The van der Waals surface area contributed by atoms with Gasteiger partial charge in [-0.15, -0.1) is 0 Å². The fraction of sp³-hybridized carbons (Fsp3) is 0.800. The second-order valence-corrected chi connectivity index (χ2v) is 8.41. The van der Waals surface area contributed by atoms with Gasteiger partial charge in [0.05, 0.1) is 6.33 Å². The Bertz CT molecular complexity index is 560. The van der Waals surface area contributed by atoms with Gasteiger partial charge in [-0.1, -0.05) is 13.8 Å². The summed E-state index contributed by atoms with van der Waals surface area (Å²) in [6.07, 6.45) is 6.38. The third-order valence-corrected chi connectivity index (χ3v) is 5.56. The summed E-state index contributed by atoms with van der Waals surface area (Å²) in [5.74, 6) is 1.16. The van der Waals surface area contributed by atoms with Crippen molar-refractivity contribution in [2.75, 3.05) is 26.2 Å². The van der Waals surface area contributed by atoms with Crippen LogP contribution in [0.25, 0.3) is 0 Å². The van der Waals surface area contributed by atoms with Crippen molar-refractivity contribution in [3.63, 3.8) is 0 Å². The van der Waals surface area contributed by atoms with Crippen molar-refractivity contribution in [3.05, 3.63) is 12.5 Å². The van der Waals surface area contributed by atoms with Crippen LogP contribution in [0, 0.1) is 11.8 Å². The van der Waals surface area contributed by atoms with E-state index in [0.717, 1.165) is 38.4 Å². The summed E-state index contributed by atoms with van der Waals surface area (Å²) in [5, 5.41) is 0.101. The van der Waals surface area contributed by atoms with Crippen molar-refractivity contribution < 1.29 is 8.42 Å². The van der Waals surface area contributed by atoms with Gasteiger partial charge in [0.15, 0.2) is 5.03 Å². The molecule has 7 heteroatoms. The van der Waals surface area contributed by atoms with E-state index in [4.69, 9.17) is 0 Å². The van der Waals surface area contributed by atoms with Gasteiger partial charge in [-0.25, -0.2) is 18.1 Å². The zero-order valence-electron chi connectivity index (χ0n) is 13.8. The van der Waals surface area contributed by atoms with Crippen LogP contribution in [0.1, 0.15) is 33.1 Å². The van der Waals surface area contributed by atoms with E-state index < -0.39 is 10.0 Å². The number of piperidine rings is 1. The van der Waals surface area contributed by atoms with Crippen LogP contribution in [0.4, 0.5) is 0 Å². The summed E-state index contributed by atoms with van der Waals surface area (Å²) in [6.45, 7) is 8.31. The molecule has 2 rings (SSSR count). The van der Waals surface area contributed by atoms with Crippen molar-refractivity contribution in [1.29, 1.82) is 0 Å². The highest BCUT2D eigenvalue weighted by Gasteiger charge is 2.22. The minimum Gasteiger partial charge on any atom is -0.339 e. The molecule has 0 amide bonds. The van der Waals surface area contributed by atoms with Gasteiger partial charge in [-0.2, -0.15) is 0 Å². The van der Waals surface area contributed by atoms with Crippen LogP contribution >= 0.6 is 0 Å². The maximum Gasteiger partial charge on any atom is 0.259 e. The molecule has 1 aromatic heterocycles. The molecule has 1 aliphatic rings. The van der Waals surface area contributed by atoms with Crippen LogP contribution < -0.4 is 4.72 Å². The van der Waals surface area contributed by atoms with Gasteiger partial charge >= 0.3 is 0 Å². The number of likely N-dealkylation sites (tertiary alicyclic amines) is 1. The summed E-state index contributed by atoms with van der Waals surface area (Å²) >= 11 is 0. The first-order chi connectivity index (χ1) is 10.4. The molecule has 0 radical (unpaired) electrons. The predicted octanol–water partition coefficient (Wildman–Crippen LogP) is 1.46. The van der Waals surface area contributed by atoms with Crippen molar-refractivity contribution in [2.24, 2.45) is 18.9 Å². The van der Waals surface area contributed by atoms with Crippen molar-refractivity contribution in [3.8, 4) is 0 Å². The number of aryl methyl sites for hydroxylation is 1. The third kappa shape index (κ3) is 5.07. The van der Waals surface area contributed by atoms with Gasteiger partial charge in [0.25, 0.3) is 10.0 Å². The third-order valence-electron chi connectivity index (χ3n) is 4.25. The lowest BCUT2D eigenvalue weighted by molar-refractivity contribution is 0.178. The maximum atomic E-state index is 12.1. The minimum atomic E-state index is -3.47. The van der Waals surface area contributed by atoms with E-state index in [2.05, 4.69) is 28.5 Å². The molecule has 0 unspecified atom stereocenters. The Kier molecular flexibility index (Phi) is 6.00. The molecule has 2 heterocycles. The maximum absolute atomic E-state index is 12.1. The van der Waals surface area contributed by atoms with E-state index in [1.54, 1.807) is 11.6 Å². The Morgan fingerprint density at radius 3 is 2.59 bits per heavy atom. The standard InChI is InChI=1S/C15H28N4O2S/c1-13(2)4-7-19-8-5-14(6-9-19)10-17-22(20,21)15-11-18(3)12-16-15/h11-14,17H,4-10H2,1-3H3. The molecular formula is C15H28N4O2S. The highest BCUT2D eigenvalue weighted by molar-refractivity contribution is 7.89. The SMILES string of the molecule is CC(C)CCN1CCC(CNS(=O)(=O)c2cn(C)cn2)CC1. The molecule has 0 saturated carbocycles. The lowest BCUT2D eigenvalue weighted by atomic mass is 9.96. The number of sulfonamides is 1. The molecule has 0 aliphatic carbocycles. The van der Waals surface area contributed by atoms with Crippen LogP contribution in [0.15, 0.2) is 17.6 Å². The average Bonchev–Trinajstić information content (AvgIpc) is 2.91. The molecule has 0 bridgehead atoms. The van der Waals surface area contributed by atoms with E-state index in [1.165, 1.54) is 18.9 Å². The summed E-state index contributed by atoms with van der Waals surface area (Å²) in [5.41, 5.74) is 0. The van der Waals surface area contributed by atoms with E-state index in [1.807, 2.05) is 0 Å². The van der Waals surface area contributed by atoms with Gasteiger partial charge in [0.2, 0.25) is 0 Å². The normalized spacial score (nSPS) is 18.2. The number of hydrogen-bond donors (Lipinski definition) is 1. The lowest BCUT2D eigenvalue weighted by Crippen LogP contribution is -2.39. The second-order valence-electron chi connectivity index (χ2n) is 6.70. The molecule has 1 fully saturated rings. The first-order valence-electron chi connectivity index (χ1n) is 8.07. The van der Waals surface area contributed by atoms with Crippen LogP contribution in [-0.2, 0) is 17.1 Å². The summed E-state index contributed by atoms with van der Waals surface area (Å²) in [4.78, 5) is 6.40. The summed E-state index contributed by atoms with van der Waals surface area (Å²) < 4.78 is 28.6. The number of nitrogens with one attached hydrogen (secondary N) is 1. The quantitative estimate of drug-likeness (QED) is 0.823. The Morgan fingerprint density at radius 2 is 2.05 bits per heavy atom. The summed E-state index contributed by atoms with van der Waals surface area (Å²) in [7, 11) is -1.71. The number of hydrogen-bond acceptors (Lipinski definition) is 4. The zero-order chi connectivity index (χ0) is 16.2. The summed E-state index contributed by atoms with van der Waals surface area (Å²) in [6, 6.07) is 0.